The van der Waals surface area contributed by atoms with Gasteiger partial charge in [-0.15, -0.1) is 0 Å². The van der Waals surface area contributed by atoms with Gasteiger partial charge in [0.15, 0.2) is 6.10 Å². The molecule has 0 fully saturated rings. The van der Waals surface area contributed by atoms with Gasteiger partial charge in [0, 0.05) is 19.3 Å². The minimum absolute atomic E-state index is 0.0637. The van der Waals surface area contributed by atoms with Crippen LogP contribution in [0.3, 0.4) is 0 Å². The van der Waals surface area contributed by atoms with E-state index < -0.39 is 6.10 Å². The van der Waals surface area contributed by atoms with Crippen LogP contribution in [0.4, 0.5) is 0 Å². The van der Waals surface area contributed by atoms with E-state index >= 15 is 0 Å². The molecular formula is C55H106O6. The molecule has 0 aromatic carbocycles. The summed E-state index contributed by atoms with van der Waals surface area (Å²) in [5.41, 5.74) is 0. The van der Waals surface area contributed by atoms with Crippen molar-refractivity contribution < 1.29 is 28.6 Å². The van der Waals surface area contributed by atoms with Gasteiger partial charge in [0.2, 0.25) is 0 Å². The van der Waals surface area contributed by atoms with Crippen LogP contribution in [0.5, 0.6) is 0 Å². The average Bonchev–Trinajstić information content (AvgIpc) is 3.23. The summed E-state index contributed by atoms with van der Waals surface area (Å²) in [5, 5.41) is 0. The molecule has 61 heavy (non-hydrogen) atoms. The highest BCUT2D eigenvalue weighted by Gasteiger charge is 2.19. The van der Waals surface area contributed by atoms with Crippen LogP contribution in [0.25, 0.3) is 0 Å². The van der Waals surface area contributed by atoms with E-state index in [-0.39, 0.29) is 31.1 Å². The van der Waals surface area contributed by atoms with Gasteiger partial charge in [0.05, 0.1) is 0 Å². The van der Waals surface area contributed by atoms with Crippen molar-refractivity contribution >= 4 is 17.9 Å². The second-order valence-corrected chi connectivity index (χ2v) is 19.8. The minimum atomic E-state index is -0.762. The number of rotatable bonds is 49. The lowest BCUT2D eigenvalue weighted by atomic mass is 10.0. The Morgan fingerprint density at radius 2 is 0.541 bits per heavy atom. The molecule has 362 valence electrons. The monoisotopic (exact) mass is 863 g/mol. The number of hydrogen-bond donors (Lipinski definition) is 0. The molecule has 0 rings (SSSR count). The lowest BCUT2D eigenvalue weighted by Gasteiger charge is -2.18. The molecule has 0 aliphatic heterocycles. The molecule has 0 aliphatic rings. The third kappa shape index (κ3) is 49.3. The van der Waals surface area contributed by atoms with Crippen molar-refractivity contribution in [3.63, 3.8) is 0 Å². The quantitative estimate of drug-likeness (QED) is 0.0344. The standard InChI is InChI=1S/C55H106O6/c1-6-7-8-9-10-11-12-13-14-15-18-21-24-30-35-40-45-53(56)59-48-52(61-55(58)47-42-37-32-27-26-29-34-39-44-51(4)5)49-60-54(57)46-41-36-31-25-22-19-16-17-20-23-28-33-38-43-50(2)3/h50-52H,6-49H2,1-5H3/t52-/m0/s1. The Bertz CT molecular complexity index is 931. The van der Waals surface area contributed by atoms with Gasteiger partial charge in [0.25, 0.3) is 0 Å². The third-order valence-electron chi connectivity index (χ3n) is 12.5. The number of esters is 3. The molecule has 6 heteroatoms. The fraction of sp³-hybridized carbons (Fsp3) is 0.945. The summed E-state index contributed by atoms with van der Waals surface area (Å²) >= 11 is 0. The number of ether oxygens (including phenoxy) is 3. The lowest BCUT2D eigenvalue weighted by Crippen LogP contribution is -2.30. The Morgan fingerprint density at radius 1 is 0.311 bits per heavy atom. The second kappa shape index (κ2) is 47.9. The van der Waals surface area contributed by atoms with Crippen molar-refractivity contribution in [1.29, 1.82) is 0 Å². The molecule has 0 saturated carbocycles. The van der Waals surface area contributed by atoms with E-state index in [4.69, 9.17) is 14.2 Å². The summed E-state index contributed by atoms with van der Waals surface area (Å²) in [6.07, 6.45) is 49.5. The van der Waals surface area contributed by atoms with Gasteiger partial charge < -0.3 is 14.2 Å². The maximum atomic E-state index is 12.8. The third-order valence-corrected chi connectivity index (χ3v) is 12.5. The molecule has 0 heterocycles. The summed E-state index contributed by atoms with van der Waals surface area (Å²) in [4.78, 5) is 38.0. The number of carbonyl (C=O) groups is 3. The van der Waals surface area contributed by atoms with Crippen LogP contribution >= 0.6 is 0 Å². The van der Waals surface area contributed by atoms with Crippen molar-refractivity contribution in [3.8, 4) is 0 Å². The normalized spacial score (nSPS) is 12.0. The van der Waals surface area contributed by atoms with E-state index in [1.807, 2.05) is 0 Å². The van der Waals surface area contributed by atoms with E-state index in [1.54, 1.807) is 0 Å². The first-order valence-corrected chi connectivity index (χ1v) is 27.2. The van der Waals surface area contributed by atoms with Crippen molar-refractivity contribution in [1.82, 2.24) is 0 Å². The van der Waals surface area contributed by atoms with Crippen LogP contribution in [0.1, 0.15) is 304 Å². The predicted molar refractivity (Wildman–Crippen MR) is 261 cm³/mol. The van der Waals surface area contributed by atoms with Crippen LogP contribution < -0.4 is 0 Å². The smallest absolute Gasteiger partial charge is 0.306 e. The Hall–Kier alpha value is -1.59. The molecule has 0 bridgehead atoms. The van der Waals surface area contributed by atoms with Crippen molar-refractivity contribution in [3.05, 3.63) is 0 Å². The summed E-state index contributed by atoms with van der Waals surface area (Å²) in [6, 6.07) is 0. The Labute approximate surface area is 380 Å². The van der Waals surface area contributed by atoms with Gasteiger partial charge >= 0.3 is 17.9 Å². The second-order valence-electron chi connectivity index (χ2n) is 19.8. The van der Waals surface area contributed by atoms with Gasteiger partial charge in [-0.1, -0.05) is 266 Å². The zero-order chi connectivity index (χ0) is 44.7. The van der Waals surface area contributed by atoms with E-state index in [1.165, 1.54) is 193 Å². The molecular weight excluding hydrogens is 757 g/mol. The zero-order valence-corrected chi connectivity index (χ0v) is 41.8. The zero-order valence-electron chi connectivity index (χ0n) is 41.8. The van der Waals surface area contributed by atoms with Crippen LogP contribution in [-0.4, -0.2) is 37.2 Å². The first-order valence-electron chi connectivity index (χ1n) is 27.2. The predicted octanol–water partition coefficient (Wildman–Crippen LogP) is 17.7. The van der Waals surface area contributed by atoms with Crippen LogP contribution in [0.15, 0.2) is 0 Å². The molecule has 0 saturated heterocycles. The summed E-state index contributed by atoms with van der Waals surface area (Å²) in [6.45, 7) is 11.4. The van der Waals surface area contributed by atoms with E-state index in [0.29, 0.717) is 19.3 Å². The van der Waals surface area contributed by atoms with Gasteiger partial charge in [-0.2, -0.15) is 0 Å². The van der Waals surface area contributed by atoms with Crippen molar-refractivity contribution in [2.75, 3.05) is 13.2 Å². The van der Waals surface area contributed by atoms with Crippen LogP contribution in [0.2, 0.25) is 0 Å². The number of hydrogen-bond acceptors (Lipinski definition) is 6. The molecule has 0 aromatic rings. The summed E-state index contributed by atoms with van der Waals surface area (Å²) in [7, 11) is 0. The van der Waals surface area contributed by atoms with E-state index in [2.05, 4.69) is 34.6 Å². The Balaban J connectivity index is 4.27. The fourth-order valence-corrected chi connectivity index (χ4v) is 8.34. The van der Waals surface area contributed by atoms with Crippen molar-refractivity contribution in [2.24, 2.45) is 11.8 Å². The number of carbonyl (C=O) groups excluding carboxylic acids is 3. The molecule has 0 radical (unpaired) electrons. The van der Waals surface area contributed by atoms with Crippen molar-refractivity contribution in [2.45, 2.75) is 310 Å². The molecule has 0 aromatic heterocycles. The Morgan fingerprint density at radius 3 is 0.803 bits per heavy atom. The Kier molecular flexibility index (Phi) is 46.6. The topological polar surface area (TPSA) is 78.9 Å². The first-order chi connectivity index (χ1) is 29.7. The lowest BCUT2D eigenvalue weighted by molar-refractivity contribution is -0.167. The number of unbranched alkanes of at least 4 members (excludes halogenated alkanes) is 34. The fourth-order valence-electron chi connectivity index (χ4n) is 8.34. The van der Waals surface area contributed by atoms with Gasteiger partial charge in [-0.05, 0) is 31.1 Å². The maximum Gasteiger partial charge on any atom is 0.306 e. The highest BCUT2D eigenvalue weighted by molar-refractivity contribution is 5.71. The first kappa shape index (κ1) is 59.4. The van der Waals surface area contributed by atoms with Crippen LogP contribution in [0, 0.1) is 11.8 Å². The maximum absolute atomic E-state index is 12.8. The van der Waals surface area contributed by atoms with Crippen LogP contribution in [-0.2, 0) is 28.6 Å². The molecule has 0 N–H and O–H groups in total. The van der Waals surface area contributed by atoms with Gasteiger partial charge in [-0.25, -0.2) is 0 Å². The SMILES string of the molecule is CCCCCCCCCCCCCCCCCCC(=O)OC[C@@H](COC(=O)CCCCCCCCCCCCCCCC(C)C)OC(=O)CCCCCCCCCCC(C)C. The molecule has 1 atom stereocenters. The van der Waals surface area contributed by atoms with Gasteiger partial charge in [0.1, 0.15) is 13.2 Å². The molecule has 6 nitrogen and oxygen atoms in total. The largest absolute Gasteiger partial charge is 0.462 e. The summed E-state index contributed by atoms with van der Waals surface area (Å²) < 4.78 is 16.8. The average molecular weight is 863 g/mol. The van der Waals surface area contributed by atoms with E-state index in [0.717, 1.165) is 69.6 Å². The highest BCUT2D eigenvalue weighted by atomic mass is 16.6. The molecule has 0 unspecified atom stereocenters. The molecule has 0 aliphatic carbocycles. The highest BCUT2D eigenvalue weighted by Crippen LogP contribution is 2.18. The molecule has 0 spiro atoms. The van der Waals surface area contributed by atoms with Gasteiger partial charge in [-0.3, -0.25) is 14.4 Å². The molecule has 0 amide bonds. The minimum Gasteiger partial charge on any atom is -0.462 e. The summed E-state index contributed by atoms with van der Waals surface area (Å²) in [5.74, 6) is 0.787. The van der Waals surface area contributed by atoms with E-state index in [9.17, 15) is 14.4 Å².